The molecule has 0 spiro atoms. The second kappa shape index (κ2) is 5.75. The summed E-state index contributed by atoms with van der Waals surface area (Å²) in [6.07, 6.45) is 0. The number of aromatic nitrogens is 1. The summed E-state index contributed by atoms with van der Waals surface area (Å²) in [6, 6.07) is 8.19. The molecular formula is C16H16N2O3. The van der Waals surface area contributed by atoms with E-state index in [1.54, 1.807) is 25.1 Å². The highest BCUT2D eigenvalue weighted by Crippen LogP contribution is 2.16. The zero-order chi connectivity index (χ0) is 15.6. The number of benzene rings is 1. The monoisotopic (exact) mass is 284 g/mol. The fraction of sp³-hybridized carbons (Fsp3) is 0.188. The van der Waals surface area contributed by atoms with Crippen LogP contribution in [0.4, 0.5) is 5.69 Å². The molecule has 108 valence electrons. The Bertz CT molecular complexity index is 703. The van der Waals surface area contributed by atoms with Gasteiger partial charge in [0, 0.05) is 17.1 Å². The molecule has 0 aliphatic carbocycles. The molecule has 0 fully saturated rings. The molecule has 1 aromatic heterocycles. The fourth-order valence-corrected chi connectivity index (χ4v) is 2.14. The number of pyridine rings is 1. The van der Waals surface area contributed by atoms with Crippen LogP contribution in [0.2, 0.25) is 0 Å². The average molecular weight is 284 g/mol. The van der Waals surface area contributed by atoms with Gasteiger partial charge in [0.25, 0.3) is 5.91 Å². The van der Waals surface area contributed by atoms with Crippen LogP contribution < -0.4 is 5.32 Å². The molecule has 2 rings (SSSR count). The smallest absolute Gasteiger partial charge is 0.336 e. The molecule has 1 aromatic carbocycles. The third kappa shape index (κ3) is 3.45. The van der Waals surface area contributed by atoms with Crippen LogP contribution in [0, 0.1) is 20.8 Å². The van der Waals surface area contributed by atoms with E-state index in [9.17, 15) is 14.7 Å². The molecule has 2 aromatic rings. The first-order chi connectivity index (χ1) is 9.86. The largest absolute Gasteiger partial charge is 0.478 e. The Morgan fingerprint density at radius 3 is 2.19 bits per heavy atom. The summed E-state index contributed by atoms with van der Waals surface area (Å²) >= 11 is 0. The lowest BCUT2D eigenvalue weighted by Crippen LogP contribution is -2.17. The molecule has 0 aliphatic heterocycles. The number of carbonyl (C=O) groups is 2. The van der Waals surface area contributed by atoms with Gasteiger partial charge in [0.05, 0.1) is 11.1 Å². The van der Waals surface area contributed by atoms with Crippen LogP contribution in [0.3, 0.4) is 0 Å². The van der Waals surface area contributed by atoms with E-state index >= 15 is 0 Å². The van der Waals surface area contributed by atoms with Crippen molar-refractivity contribution in [2.45, 2.75) is 20.8 Å². The molecule has 0 bridgehead atoms. The number of rotatable bonds is 3. The van der Waals surface area contributed by atoms with Crippen LogP contribution in [0.1, 0.15) is 37.7 Å². The molecule has 5 heteroatoms. The lowest BCUT2D eigenvalue weighted by Gasteiger charge is -2.09. The highest BCUT2D eigenvalue weighted by atomic mass is 16.4. The molecule has 1 heterocycles. The van der Waals surface area contributed by atoms with Crippen molar-refractivity contribution in [3.05, 3.63) is 58.4 Å². The fourth-order valence-electron chi connectivity index (χ4n) is 2.14. The van der Waals surface area contributed by atoms with E-state index in [1.165, 1.54) is 12.1 Å². The number of nitrogens with zero attached hydrogens (tertiary/aromatic N) is 1. The Morgan fingerprint density at radius 1 is 1.00 bits per heavy atom. The van der Waals surface area contributed by atoms with E-state index in [-0.39, 0.29) is 11.1 Å². The number of hydrogen-bond acceptors (Lipinski definition) is 3. The maximum atomic E-state index is 12.3. The summed E-state index contributed by atoms with van der Waals surface area (Å²) in [5.74, 6) is -1.57. The van der Waals surface area contributed by atoms with Crippen molar-refractivity contribution in [3.63, 3.8) is 0 Å². The Labute approximate surface area is 122 Å². The quantitative estimate of drug-likeness (QED) is 0.908. The lowest BCUT2D eigenvalue weighted by molar-refractivity contribution is 0.0692. The Morgan fingerprint density at radius 2 is 1.62 bits per heavy atom. The van der Waals surface area contributed by atoms with Crippen LogP contribution in [0.15, 0.2) is 30.3 Å². The maximum absolute atomic E-state index is 12.3. The second-order valence-corrected chi connectivity index (χ2v) is 4.95. The number of carboxylic acids is 1. The Hall–Kier alpha value is -2.69. The van der Waals surface area contributed by atoms with Gasteiger partial charge in [0.15, 0.2) is 0 Å². The van der Waals surface area contributed by atoms with Crippen molar-refractivity contribution < 1.29 is 14.7 Å². The van der Waals surface area contributed by atoms with Crippen LogP contribution in [-0.4, -0.2) is 22.0 Å². The summed E-state index contributed by atoms with van der Waals surface area (Å²) in [6.45, 7) is 5.44. The van der Waals surface area contributed by atoms with Gasteiger partial charge in [-0.1, -0.05) is 11.6 Å². The van der Waals surface area contributed by atoms with Crippen LogP contribution >= 0.6 is 0 Å². The third-order valence-corrected chi connectivity index (χ3v) is 2.99. The SMILES string of the molecule is Cc1ccc(C(=O)Nc2cc(C)nc(C)c2)c(C(=O)O)c1. The number of hydrogen-bond donors (Lipinski definition) is 2. The van der Waals surface area contributed by atoms with Gasteiger partial charge >= 0.3 is 5.97 Å². The molecule has 0 unspecified atom stereocenters. The molecule has 2 N–H and O–H groups in total. The number of carbonyl (C=O) groups excluding carboxylic acids is 1. The molecule has 0 radical (unpaired) electrons. The predicted molar refractivity (Wildman–Crippen MR) is 79.8 cm³/mol. The van der Waals surface area contributed by atoms with Gasteiger partial charge < -0.3 is 10.4 Å². The minimum absolute atomic E-state index is 0.00463. The van der Waals surface area contributed by atoms with Gasteiger partial charge in [-0.2, -0.15) is 0 Å². The van der Waals surface area contributed by atoms with Crippen molar-refractivity contribution in [2.24, 2.45) is 0 Å². The topological polar surface area (TPSA) is 79.3 Å². The summed E-state index contributed by atoms with van der Waals surface area (Å²) in [5.41, 5.74) is 3.09. The van der Waals surface area contributed by atoms with Crippen molar-refractivity contribution >= 4 is 17.6 Å². The zero-order valence-electron chi connectivity index (χ0n) is 12.1. The number of amides is 1. The van der Waals surface area contributed by atoms with Gasteiger partial charge in [0.1, 0.15) is 0 Å². The molecule has 0 atom stereocenters. The molecule has 1 amide bonds. The van der Waals surface area contributed by atoms with Gasteiger partial charge in [-0.05, 0) is 45.0 Å². The molecule has 21 heavy (non-hydrogen) atoms. The normalized spacial score (nSPS) is 10.2. The van der Waals surface area contributed by atoms with Crippen molar-refractivity contribution in [1.29, 1.82) is 0 Å². The van der Waals surface area contributed by atoms with E-state index in [2.05, 4.69) is 10.3 Å². The van der Waals surface area contributed by atoms with E-state index in [4.69, 9.17) is 0 Å². The standard InChI is InChI=1S/C16H16N2O3/c1-9-4-5-13(14(6-9)16(20)21)15(19)18-12-7-10(2)17-11(3)8-12/h4-8H,1-3H3,(H,20,21)(H,17,18,19). The lowest BCUT2D eigenvalue weighted by atomic mass is 10.0. The number of aromatic carboxylic acids is 1. The highest BCUT2D eigenvalue weighted by molar-refractivity contribution is 6.10. The van der Waals surface area contributed by atoms with E-state index < -0.39 is 11.9 Å². The van der Waals surface area contributed by atoms with Crippen molar-refractivity contribution in [1.82, 2.24) is 4.98 Å². The molecular weight excluding hydrogens is 268 g/mol. The Kier molecular flexibility index (Phi) is 4.03. The number of anilines is 1. The van der Waals surface area contributed by atoms with Crippen LogP contribution in [-0.2, 0) is 0 Å². The van der Waals surface area contributed by atoms with Gasteiger partial charge in [-0.3, -0.25) is 9.78 Å². The molecule has 5 nitrogen and oxygen atoms in total. The molecule has 0 aliphatic rings. The molecule has 0 saturated carbocycles. The first kappa shape index (κ1) is 14.7. The van der Waals surface area contributed by atoms with Crippen molar-refractivity contribution in [3.8, 4) is 0 Å². The van der Waals surface area contributed by atoms with Crippen molar-refractivity contribution in [2.75, 3.05) is 5.32 Å². The summed E-state index contributed by atoms with van der Waals surface area (Å²) in [7, 11) is 0. The van der Waals surface area contributed by atoms with Gasteiger partial charge in [-0.25, -0.2) is 4.79 Å². The summed E-state index contributed by atoms with van der Waals surface area (Å²) < 4.78 is 0. The number of carboxylic acid groups (broad SMARTS) is 1. The van der Waals surface area contributed by atoms with E-state index in [1.807, 2.05) is 13.8 Å². The molecule has 0 saturated heterocycles. The first-order valence-corrected chi connectivity index (χ1v) is 6.47. The van der Waals surface area contributed by atoms with Gasteiger partial charge in [-0.15, -0.1) is 0 Å². The third-order valence-electron chi connectivity index (χ3n) is 2.99. The summed E-state index contributed by atoms with van der Waals surface area (Å²) in [5, 5.41) is 11.9. The van der Waals surface area contributed by atoms with Gasteiger partial charge in [0.2, 0.25) is 0 Å². The predicted octanol–water partition coefficient (Wildman–Crippen LogP) is 2.96. The maximum Gasteiger partial charge on any atom is 0.336 e. The second-order valence-electron chi connectivity index (χ2n) is 4.95. The minimum Gasteiger partial charge on any atom is -0.478 e. The minimum atomic E-state index is -1.12. The Balaban J connectivity index is 2.34. The first-order valence-electron chi connectivity index (χ1n) is 6.47. The number of nitrogens with one attached hydrogen (secondary N) is 1. The number of aryl methyl sites for hydroxylation is 3. The van der Waals surface area contributed by atoms with Crippen LogP contribution in [0.5, 0.6) is 0 Å². The van der Waals surface area contributed by atoms with E-state index in [0.717, 1.165) is 17.0 Å². The zero-order valence-corrected chi connectivity index (χ0v) is 12.1. The summed E-state index contributed by atoms with van der Waals surface area (Å²) in [4.78, 5) is 27.8. The van der Waals surface area contributed by atoms with E-state index in [0.29, 0.717) is 5.69 Å². The highest BCUT2D eigenvalue weighted by Gasteiger charge is 2.17. The van der Waals surface area contributed by atoms with Crippen LogP contribution in [0.25, 0.3) is 0 Å². The average Bonchev–Trinajstić information content (AvgIpc) is 2.36.